The zero-order chi connectivity index (χ0) is 11.7. The number of hydrogen-bond acceptors (Lipinski definition) is 4. The topological polar surface area (TPSA) is 63.5 Å². The molecule has 1 aliphatic rings. The normalized spacial score (nSPS) is 12.9. The average molecular weight is 300 g/mol. The number of nitrogen functional groups attached to an aromatic ring is 1. The second-order valence-corrected chi connectivity index (χ2v) is 3.94. The van der Waals surface area contributed by atoms with Gasteiger partial charge in [-0.3, -0.25) is 4.99 Å². The molecule has 0 unspecified atom stereocenters. The number of nitrogens with two attached hydrogens (primary N) is 1. The standard InChI is InChI=1S/C13H13N3O.2ClH/c14-10-3-1-9(2-4-10)11-5-6-12(17-11)13-15-7-8-16-13;;/h1-6H,7-8,14H2,(H,15,16);2*1H. The summed E-state index contributed by atoms with van der Waals surface area (Å²) in [5, 5.41) is 3.18. The molecule has 102 valence electrons. The Morgan fingerprint density at radius 2 is 1.68 bits per heavy atom. The summed E-state index contributed by atoms with van der Waals surface area (Å²) in [5.74, 6) is 2.46. The van der Waals surface area contributed by atoms with E-state index in [4.69, 9.17) is 10.2 Å². The molecule has 0 atom stereocenters. The Balaban J connectivity index is 0.000000902. The van der Waals surface area contributed by atoms with Crippen molar-refractivity contribution in [2.24, 2.45) is 4.99 Å². The number of amidine groups is 1. The molecular weight excluding hydrogens is 285 g/mol. The molecule has 0 spiro atoms. The predicted molar refractivity (Wildman–Crippen MR) is 82.5 cm³/mol. The van der Waals surface area contributed by atoms with Gasteiger partial charge in [0.2, 0.25) is 0 Å². The van der Waals surface area contributed by atoms with Gasteiger partial charge in [0.1, 0.15) is 5.76 Å². The van der Waals surface area contributed by atoms with Crippen LogP contribution in [0.15, 0.2) is 45.8 Å². The van der Waals surface area contributed by atoms with Crippen molar-refractivity contribution in [3.63, 3.8) is 0 Å². The summed E-state index contributed by atoms with van der Waals surface area (Å²) < 4.78 is 5.76. The maximum absolute atomic E-state index is 5.76. The SMILES string of the molecule is Cl.Cl.Nc1ccc(-c2ccc(C3=NCCN3)o2)cc1. The highest BCUT2D eigenvalue weighted by Crippen LogP contribution is 2.23. The molecule has 0 radical (unpaired) electrons. The van der Waals surface area contributed by atoms with Gasteiger partial charge < -0.3 is 15.5 Å². The Morgan fingerprint density at radius 3 is 2.32 bits per heavy atom. The molecule has 0 amide bonds. The lowest BCUT2D eigenvalue weighted by Crippen LogP contribution is -2.18. The van der Waals surface area contributed by atoms with E-state index in [-0.39, 0.29) is 24.8 Å². The van der Waals surface area contributed by atoms with Crippen LogP contribution in [0, 0.1) is 0 Å². The quantitative estimate of drug-likeness (QED) is 0.838. The zero-order valence-electron chi connectivity index (χ0n) is 10.1. The van der Waals surface area contributed by atoms with Gasteiger partial charge in [0, 0.05) is 17.8 Å². The Bertz CT molecular complexity index is 564. The number of rotatable bonds is 2. The van der Waals surface area contributed by atoms with Gasteiger partial charge in [-0.25, -0.2) is 0 Å². The number of nitrogens with zero attached hydrogens (tertiary/aromatic N) is 1. The number of hydrogen-bond donors (Lipinski definition) is 2. The van der Waals surface area contributed by atoms with Crippen molar-refractivity contribution in [1.29, 1.82) is 0 Å². The van der Waals surface area contributed by atoms with Gasteiger partial charge in [0.15, 0.2) is 11.6 Å². The lowest BCUT2D eigenvalue weighted by atomic mass is 10.1. The summed E-state index contributed by atoms with van der Waals surface area (Å²) in [5.41, 5.74) is 7.42. The second-order valence-electron chi connectivity index (χ2n) is 3.94. The van der Waals surface area contributed by atoms with Crippen molar-refractivity contribution < 1.29 is 4.42 Å². The Labute approximate surface area is 123 Å². The van der Waals surface area contributed by atoms with E-state index in [0.29, 0.717) is 0 Å². The lowest BCUT2D eigenvalue weighted by molar-refractivity contribution is 0.570. The van der Waals surface area contributed by atoms with Crippen LogP contribution in [0.25, 0.3) is 11.3 Å². The molecule has 0 fully saturated rings. The van der Waals surface area contributed by atoms with E-state index in [9.17, 15) is 0 Å². The highest BCUT2D eigenvalue weighted by molar-refractivity contribution is 5.97. The van der Waals surface area contributed by atoms with Crippen molar-refractivity contribution in [2.45, 2.75) is 0 Å². The molecule has 6 heteroatoms. The van der Waals surface area contributed by atoms with Crippen LogP contribution in [0.2, 0.25) is 0 Å². The van der Waals surface area contributed by atoms with Crippen LogP contribution in [0.3, 0.4) is 0 Å². The van der Waals surface area contributed by atoms with Gasteiger partial charge in [0.25, 0.3) is 0 Å². The van der Waals surface area contributed by atoms with Gasteiger partial charge in [0.05, 0.1) is 6.54 Å². The summed E-state index contributed by atoms with van der Waals surface area (Å²) in [7, 11) is 0. The van der Waals surface area contributed by atoms with Gasteiger partial charge >= 0.3 is 0 Å². The maximum atomic E-state index is 5.76. The molecule has 1 aromatic heterocycles. The molecule has 2 heterocycles. The molecule has 0 aliphatic carbocycles. The van der Waals surface area contributed by atoms with Crippen LogP contribution in [-0.2, 0) is 0 Å². The molecule has 0 saturated heterocycles. The first-order valence-electron chi connectivity index (χ1n) is 5.57. The van der Waals surface area contributed by atoms with Crippen molar-refractivity contribution >= 4 is 36.3 Å². The van der Waals surface area contributed by atoms with Crippen LogP contribution in [0.5, 0.6) is 0 Å². The molecule has 1 aromatic carbocycles. The first-order valence-corrected chi connectivity index (χ1v) is 5.57. The minimum absolute atomic E-state index is 0. The van der Waals surface area contributed by atoms with Crippen molar-refractivity contribution in [3.05, 3.63) is 42.2 Å². The fourth-order valence-corrected chi connectivity index (χ4v) is 1.83. The Kier molecular flexibility index (Phi) is 5.27. The first-order chi connectivity index (χ1) is 8.33. The third-order valence-electron chi connectivity index (χ3n) is 2.71. The average Bonchev–Trinajstić information content (AvgIpc) is 3.00. The van der Waals surface area contributed by atoms with Crippen molar-refractivity contribution in [1.82, 2.24) is 5.32 Å². The second kappa shape index (κ2) is 6.50. The largest absolute Gasteiger partial charge is 0.453 e. The van der Waals surface area contributed by atoms with Crippen LogP contribution >= 0.6 is 24.8 Å². The number of furan rings is 1. The van der Waals surface area contributed by atoms with Gasteiger partial charge in [-0.15, -0.1) is 24.8 Å². The maximum Gasteiger partial charge on any atom is 0.169 e. The van der Waals surface area contributed by atoms with Gasteiger partial charge in [-0.2, -0.15) is 0 Å². The Morgan fingerprint density at radius 1 is 1.00 bits per heavy atom. The van der Waals surface area contributed by atoms with E-state index in [0.717, 1.165) is 41.7 Å². The zero-order valence-corrected chi connectivity index (χ0v) is 11.8. The third kappa shape index (κ3) is 3.22. The fraction of sp³-hybridized carbons (Fsp3) is 0.154. The molecule has 0 saturated carbocycles. The molecule has 0 bridgehead atoms. The molecule has 19 heavy (non-hydrogen) atoms. The van der Waals surface area contributed by atoms with Crippen LogP contribution in [-0.4, -0.2) is 18.9 Å². The van der Waals surface area contributed by atoms with E-state index in [1.165, 1.54) is 0 Å². The number of nitrogens with one attached hydrogen (secondary N) is 1. The van der Waals surface area contributed by atoms with Gasteiger partial charge in [-0.1, -0.05) is 0 Å². The monoisotopic (exact) mass is 299 g/mol. The number of anilines is 1. The lowest BCUT2D eigenvalue weighted by Gasteiger charge is -1.99. The molecule has 2 aromatic rings. The van der Waals surface area contributed by atoms with Crippen LogP contribution in [0.4, 0.5) is 5.69 Å². The van der Waals surface area contributed by atoms with Crippen LogP contribution < -0.4 is 11.1 Å². The third-order valence-corrected chi connectivity index (χ3v) is 2.71. The van der Waals surface area contributed by atoms with E-state index < -0.39 is 0 Å². The molecule has 1 aliphatic heterocycles. The van der Waals surface area contributed by atoms with E-state index in [1.54, 1.807) is 0 Å². The Hall–Kier alpha value is -1.65. The molecule has 4 nitrogen and oxygen atoms in total. The van der Waals surface area contributed by atoms with Gasteiger partial charge in [-0.05, 0) is 36.4 Å². The van der Waals surface area contributed by atoms with Crippen LogP contribution in [0.1, 0.15) is 5.76 Å². The van der Waals surface area contributed by atoms with E-state index in [2.05, 4.69) is 10.3 Å². The summed E-state index contributed by atoms with van der Waals surface area (Å²) >= 11 is 0. The first kappa shape index (κ1) is 15.4. The molecule has 3 N–H and O–H groups in total. The smallest absolute Gasteiger partial charge is 0.169 e. The minimum atomic E-state index is 0. The highest BCUT2D eigenvalue weighted by Gasteiger charge is 2.12. The molecule has 3 rings (SSSR count). The highest BCUT2D eigenvalue weighted by atomic mass is 35.5. The van der Waals surface area contributed by atoms with E-state index in [1.807, 2.05) is 36.4 Å². The summed E-state index contributed by atoms with van der Waals surface area (Å²) in [4.78, 5) is 4.32. The fourth-order valence-electron chi connectivity index (χ4n) is 1.83. The van der Waals surface area contributed by atoms with Crippen molar-refractivity contribution in [2.75, 3.05) is 18.8 Å². The summed E-state index contributed by atoms with van der Waals surface area (Å²) in [6, 6.07) is 11.5. The summed E-state index contributed by atoms with van der Waals surface area (Å²) in [6.07, 6.45) is 0. The van der Waals surface area contributed by atoms with Crippen molar-refractivity contribution in [3.8, 4) is 11.3 Å². The minimum Gasteiger partial charge on any atom is -0.453 e. The van der Waals surface area contributed by atoms with E-state index >= 15 is 0 Å². The number of benzene rings is 1. The number of halogens is 2. The molecular formula is C13H15Cl2N3O. The number of aliphatic imine (C=N–C) groups is 1. The summed E-state index contributed by atoms with van der Waals surface area (Å²) in [6.45, 7) is 1.69. The predicted octanol–water partition coefficient (Wildman–Crippen LogP) is 2.72.